The number of likely N-dealkylation sites (N-methyl/N-ethyl adjacent to an activating group) is 1. The number of amides is 2. The monoisotopic (exact) mass is 316 g/mol. The molecule has 9 heteroatoms. The topological polar surface area (TPSA) is 125 Å². The van der Waals surface area contributed by atoms with Crippen LogP contribution >= 0.6 is 11.8 Å². The van der Waals surface area contributed by atoms with Crippen molar-refractivity contribution in [1.82, 2.24) is 10.2 Å². The van der Waals surface area contributed by atoms with Crippen LogP contribution in [0.1, 0.15) is 20.3 Å². The molecular formula is C12H20N4O4S. The lowest BCUT2D eigenvalue weighted by Gasteiger charge is -2.18. The number of hydrogen-bond donors (Lipinski definition) is 3. The van der Waals surface area contributed by atoms with E-state index in [2.05, 4.69) is 10.3 Å². The average Bonchev–Trinajstić information content (AvgIpc) is 2.41. The summed E-state index contributed by atoms with van der Waals surface area (Å²) in [6, 6.07) is 0. The van der Waals surface area contributed by atoms with Gasteiger partial charge < -0.3 is 16.2 Å². The first kappa shape index (κ1) is 19.0. The molecule has 21 heavy (non-hydrogen) atoms. The summed E-state index contributed by atoms with van der Waals surface area (Å²) >= 11 is 1.21. The Bertz CT molecular complexity index is 488. The molecule has 0 rings (SSSR count). The van der Waals surface area contributed by atoms with Gasteiger partial charge in [-0.25, -0.2) is 4.99 Å². The third-order valence-electron chi connectivity index (χ3n) is 2.39. The van der Waals surface area contributed by atoms with Crippen LogP contribution in [0, 0.1) is 0 Å². The van der Waals surface area contributed by atoms with Crippen molar-refractivity contribution >= 4 is 34.6 Å². The van der Waals surface area contributed by atoms with Crippen LogP contribution in [0.2, 0.25) is 0 Å². The molecule has 0 bridgehead atoms. The van der Waals surface area contributed by atoms with Gasteiger partial charge in [0.2, 0.25) is 5.91 Å². The lowest BCUT2D eigenvalue weighted by Crippen LogP contribution is -2.32. The smallest absolute Gasteiger partial charge is 0.304 e. The van der Waals surface area contributed by atoms with Gasteiger partial charge in [0.15, 0.2) is 5.82 Å². The molecule has 0 aromatic rings. The molecule has 0 aromatic heterocycles. The number of carbonyl (C=O) groups excluding carboxylic acids is 2. The van der Waals surface area contributed by atoms with Crippen molar-refractivity contribution in [2.75, 3.05) is 19.8 Å². The highest BCUT2D eigenvalue weighted by Gasteiger charge is 2.17. The first-order valence-electron chi connectivity index (χ1n) is 6.06. The van der Waals surface area contributed by atoms with E-state index in [9.17, 15) is 14.4 Å². The van der Waals surface area contributed by atoms with Gasteiger partial charge in [-0.3, -0.25) is 19.3 Å². The predicted octanol–water partition coefficient (Wildman–Crippen LogP) is -0.0352. The van der Waals surface area contributed by atoms with Gasteiger partial charge in [-0.1, -0.05) is 0 Å². The predicted molar refractivity (Wildman–Crippen MR) is 81.5 cm³/mol. The van der Waals surface area contributed by atoms with Crippen LogP contribution in [0.5, 0.6) is 0 Å². The van der Waals surface area contributed by atoms with Crippen LogP contribution in [0.4, 0.5) is 0 Å². The Morgan fingerprint density at radius 1 is 1.33 bits per heavy atom. The first-order valence-corrected chi connectivity index (χ1v) is 7.05. The number of rotatable bonds is 6. The summed E-state index contributed by atoms with van der Waals surface area (Å²) in [5.74, 6) is -1.42. The second-order valence-electron chi connectivity index (χ2n) is 4.02. The molecule has 0 saturated heterocycles. The molecule has 118 valence electrons. The summed E-state index contributed by atoms with van der Waals surface area (Å²) < 4.78 is 0. The summed E-state index contributed by atoms with van der Waals surface area (Å²) in [5.41, 5.74) is 5.51. The zero-order chi connectivity index (χ0) is 16.6. The lowest BCUT2D eigenvalue weighted by atomic mass is 10.4. The van der Waals surface area contributed by atoms with E-state index in [1.165, 1.54) is 32.8 Å². The zero-order valence-corrected chi connectivity index (χ0v) is 13.3. The maximum Gasteiger partial charge on any atom is 0.304 e. The third kappa shape index (κ3) is 6.80. The summed E-state index contributed by atoms with van der Waals surface area (Å²) in [6.45, 7) is 2.97. The molecular weight excluding hydrogens is 296 g/mol. The first-order chi connectivity index (χ1) is 9.70. The van der Waals surface area contributed by atoms with E-state index in [0.717, 1.165) is 4.90 Å². The van der Waals surface area contributed by atoms with Gasteiger partial charge in [0.05, 0.1) is 11.5 Å². The van der Waals surface area contributed by atoms with E-state index < -0.39 is 11.9 Å². The molecule has 4 N–H and O–H groups in total. The third-order valence-corrected chi connectivity index (χ3v) is 3.31. The van der Waals surface area contributed by atoms with Crippen LogP contribution < -0.4 is 11.1 Å². The number of thioether (sulfide) groups is 1. The molecule has 0 heterocycles. The number of carboxylic acid groups (broad SMARTS) is 1. The molecule has 0 spiro atoms. The number of aliphatic carboxylic acids is 1. The Labute approximate surface area is 127 Å². The molecule has 0 atom stereocenters. The van der Waals surface area contributed by atoms with Gasteiger partial charge in [0, 0.05) is 26.8 Å². The number of aliphatic imine (C=N–C) groups is 1. The molecule has 2 amide bonds. The number of nitrogens with zero attached hydrogens (tertiary/aromatic N) is 2. The van der Waals surface area contributed by atoms with Gasteiger partial charge in [0.25, 0.3) is 5.91 Å². The fraction of sp³-hybridized carbons (Fsp3) is 0.500. The molecule has 0 aliphatic rings. The number of carbonyl (C=O) groups is 3. The van der Waals surface area contributed by atoms with Crippen LogP contribution in [-0.2, 0) is 14.4 Å². The Balaban J connectivity index is 5.28. The van der Waals surface area contributed by atoms with E-state index >= 15 is 0 Å². The van der Waals surface area contributed by atoms with Crippen molar-refractivity contribution in [3.8, 4) is 0 Å². The number of nitrogens with one attached hydrogen (secondary N) is 1. The number of carboxylic acids is 1. The van der Waals surface area contributed by atoms with Gasteiger partial charge in [-0.2, -0.15) is 0 Å². The molecule has 0 unspecified atom stereocenters. The van der Waals surface area contributed by atoms with Crippen molar-refractivity contribution in [3.05, 3.63) is 11.5 Å². The van der Waals surface area contributed by atoms with Gasteiger partial charge in [0.1, 0.15) is 5.70 Å². The van der Waals surface area contributed by atoms with Crippen molar-refractivity contribution < 1.29 is 19.5 Å². The SMILES string of the molecule is CNC(=O)/C(N)=C(/N=C(\C)SCCC(=O)O)N(C)C(C)=O. The normalized spacial score (nSPS) is 12.5. The van der Waals surface area contributed by atoms with E-state index in [-0.39, 0.29) is 23.8 Å². The molecule has 0 aliphatic heterocycles. The fourth-order valence-corrected chi connectivity index (χ4v) is 1.89. The second-order valence-corrected chi connectivity index (χ2v) is 5.31. The minimum atomic E-state index is -0.906. The lowest BCUT2D eigenvalue weighted by molar-refractivity contribution is -0.136. The summed E-state index contributed by atoms with van der Waals surface area (Å²) in [6.07, 6.45) is -0.00987. The maximum absolute atomic E-state index is 11.6. The molecule has 0 aromatic carbocycles. The van der Waals surface area contributed by atoms with Crippen molar-refractivity contribution in [2.45, 2.75) is 20.3 Å². The zero-order valence-electron chi connectivity index (χ0n) is 12.5. The Morgan fingerprint density at radius 3 is 2.33 bits per heavy atom. The van der Waals surface area contributed by atoms with Crippen LogP contribution in [0.3, 0.4) is 0 Å². The van der Waals surface area contributed by atoms with E-state index in [4.69, 9.17) is 10.8 Å². The van der Waals surface area contributed by atoms with Crippen LogP contribution in [0.15, 0.2) is 16.5 Å². The maximum atomic E-state index is 11.6. The highest BCUT2D eigenvalue weighted by atomic mass is 32.2. The average molecular weight is 316 g/mol. The van der Waals surface area contributed by atoms with Crippen molar-refractivity contribution in [3.63, 3.8) is 0 Å². The van der Waals surface area contributed by atoms with Gasteiger partial charge in [-0.15, -0.1) is 11.8 Å². The minimum absolute atomic E-state index is 0.00987. The van der Waals surface area contributed by atoms with Gasteiger partial charge in [-0.05, 0) is 6.92 Å². The van der Waals surface area contributed by atoms with Crippen LogP contribution in [-0.4, -0.2) is 52.7 Å². The van der Waals surface area contributed by atoms with E-state index in [0.29, 0.717) is 10.8 Å². The Morgan fingerprint density at radius 2 is 1.90 bits per heavy atom. The van der Waals surface area contributed by atoms with E-state index in [1.807, 2.05) is 0 Å². The quantitative estimate of drug-likeness (QED) is 0.359. The van der Waals surface area contributed by atoms with Crippen LogP contribution in [0.25, 0.3) is 0 Å². The molecule has 0 fully saturated rings. The standard InChI is InChI=1S/C12H20N4O4S/c1-7(21-6-5-9(18)19)15-11(16(4)8(2)17)10(13)12(20)14-3/h5-6,13H2,1-4H3,(H,14,20)(H,18,19)/b11-10+,15-7+. The van der Waals surface area contributed by atoms with Crippen molar-refractivity contribution in [1.29, 1.82) is 0 Å². The summed E-state index contributed by atoms with van der Waals surface area (Å²) in [5, 5.41) is 11.4. The number of hydrogen-bond acceptors (Lipinski definition) is 6. The van der Waals surface area contributed by atoms with Crippen molar-refractivity contribution in [2.24, 2.45) is 10.7 Å². The molecule has 0 aliphatic carbocycles. The summed E-state index contributed by atoms with van der Waals surface area (Å²) in [7, 11) is 2.87. The minimum Gasteiger partial charge on any atom is -0.481 e. The molecule has 0 saturated carbocycles. The second kappa shape index (κ2) is 9.01. The Kier molecular flexibility index (Phi) is 8.14. The fourth-order valence-electron chi connectivity index (χ4n) is 1.17. The molecule has 8 nitrogen and oxygen atoms in total. The molecule has 0 radical (unpaired) electrons. The highest BCUT2D eigenvalue weighted by Crippen LogP contribution is 2.13. The van der Waals surface area contributed by atoms with Gasteiger partial charge >= 0.3 is 5.97 Å². The highest BCUT2D eigenvalue weighted by molar-refractivity contribution is 8.13. The largest absolute Gasteiger partial charge is 0.481 e. The number of nitrogens with two attached hydrogens (primary N) is 1. The Hall–Kier alpha value is -2.03. The summed E-state index contributed by atoms with van der Waals surface area (Å²) in [4.78, 5) is 38.8. The van der Waals surface area contributed by atoms with E-state index in [1.54, 1.807) is 6.92 Å².